The molecule has 0 unspecified atom stereocenters. The lowest BCUT2D eigenvalue weighted by molar-refractivity contribution is -0.134. The van der Waals surface area contributed by atoms with Crippen molar-refractivity contribution in [1.82, 2.24) is 4.90 Å². The molecule has 5 heteroatoms. The van der Waals surface area contributed by atoms with Gasteiger partial charge in [-0.3, -0.25) is 4.79 Å². The van der Waals surface area contributed by atoms with Crippen LogP contribution >= 0.6 is 24.4 Å². The number of rotatable bonds is 9. The van der Waals surface area contributed by atoms with Crippen LogP contribution in [0, 0.1) is 6.92 Å². The van der Waals surface area contributed by atoms with Crippen molar-refractivity contribution >= 4 is 30.3 Å². The summed E-state index contributed by atoms with van der Waals surface area (Å²) in [6, 6.07) is 7.95. The molecule has 0 fully saturated rings. The van der Waals surface area contributed by atoms with Gasteiger partial charge in [0.1, 0.15) is 0 Å². The second-order valence-electron chi connectivity index (χ2n) is 5.04. The number of thioether (sulfide) groups is 1. The number of aryl methyl sites for hydroxylation is 1. The van der Waals surface area contributed by atoms with E-state index in [0.717, 1.165) is 17.7 Å². The first-order valence-corrected chi connectivity index (χ1v) is 9.21. The Morgan fingerprint density at radius 1 is 1.43 bits per heavy atom. The third-order valence-electron chi connectivity index (χ3n) is 3.55. The molecule has 118 valence electrons. The van der Waals surface area contributed by atoms with E-state index >= 15 is 0 Å². The number of aliphatic hydroxyl groups excluding tert-OH is 1. The van der Waals surface area contributed by atoms with Crippen molar-refractivity contribution in [1.29, 1.82) is 0 Å². The molecule has 1 rings (SSSR count). The molecule has 1 N–H and O–H groups in total. The zero-order valence-corrected chi connectivity index (χ0v) is 14.5. The number of benzene rings is 1. The predicted octanol–water partition coefficient (Wildman–Crippen LogP) is 2.76. The topological polar surface area (TPSA) is 40.5 Å². The van der Waals surface area contributed by atoms with Crippen LogP contribution in [0.5, 0.6) is 0 Å². The van der Waals surface area contributed by atoms with E-state index in [-0.39, 0.29) is 18.6 Å². The van der Waals surface area contributed by atoms with E-state index < -0.39 is 0 Å². The van der Waals surface area contributed by atoms with Crippen molar-refractivity contribution in [2.45, 2.75) is 32.4 Å². The van der Waals surface area contributed by atoms with Crippen LogP contribution in [-0.4, -0.2) is 46.3 Å². The van der Waals surface area contributed by atoms with Gasteiger partial charge >= 0.3 is 0 Å². The third-order valence-corrected chi connectivity index (χ3v) is 4.42. The summed E-state index contributed by atoms with van der Waals surface area (Å²) in [5.74, 6) is 1.53. The molecule has 0 saturated carbocycles. The Bertz CT molecular complexity index is 440. The molecule has 3 nitrogen and oxygen atoms in total. The minimum absolute atomic E-state index is 0.00471. The molecule has 0 bridgehead atoms. The predicted molar refractivity (Wildman–Crippen MR) is 94.1 cm³/mol. The highest BCUT2D eigenvalue weighted by Crippen LogP contribution is 2.17. The van der Waals surface area contributed by atoms with E-state index in [1.165, 1.54) is 5.56 Å². The van der Waals surface area contributed by atoms with Gasteiger partial charge in [0.15, 0.2) is 0 Å². The van der Waals surface area contributed by atoms with E-state index in [1.54, 1.807) is 11.8 Å². The molecule has 1 aromatic rings. The third kappa shape index (κ3) is 5.93. The molecule has 0 aromatic heterocycles. The van der Waals surface area contributed by atoms with Gasteiger partial charge in [0.05, 0.1) is 12.6 Å². The number of thiol groups is 1. The Balaban J connectivity index is 2.90. The van der Waals surface area contributed by atoms with Crippen LogP contribution in [0.25, 0.3) is 0 Å². The van der Waals surface area contributed by atoms with Crippen LogP contribution in [0.1, 0.15) is 24.0 Å². The van der Waals surface area contributed by atoms with Crippen molar-refractivity contribution in [2.24, 2.45) is 0 Å². The fourth-order valence-electron chi connectivity index (χ4n) is 2.23. The molecule has 1 amide bonds. The minimum Gasteiger partial charge on any atom is -0.394 e. The van der Waals surface area contributed by atoms with Gasteiger partial charge in [-0.25, -0.2) is 0 Å². The van der Waals surface area contributed by atoms with Gasteiger partial charge in [0.2, 0.25) is 5.91 Å². The summed E-state index contributed by atoms with van der Waals surface area (Å²) in [7, 11) is 0. The average Bonchev–Trinajstić information content (AvgIpc) is 2.48. The number of hydrogen-bond acceptors (Lipinski definition) is 4. The molecule has 0 saturated heterocycles. The van der Waals surface area contributed by atoms with Gasteiger partial charge < -0.3 is 10.0 Å². The first-order valence-electron chi connectivity index (χ1n) is 7.18. The minimum atomic E-state index is -0.121. The van der Waals surface area contributed by atoms with E-state index in [9.17, 15) is 9.90 Å². The fourth-order valence-corrected chi connectivity index (χ4v) is 2.93. The van der Waals surface area contributed by atoms with E-state index in [0.29, 0.717) is 18.7 Å². The summed E-state index contributed by atoms with van der Waals surface area (Å²) in [6.07, 6.45) is 3.25. The lowest BCUT2D eigenvalue weighted by Gasteiger charge is -2.31. The van der Waals surface area contributed by atoms with E-state index in [1.807, 2.05) is 42.3 Å². The SMILES string of the molecule is CSCC[C@H](CO)N(Cc1ccccc1C)C(=O)CCS. The first kappa shape index (κ1) is 18.4. The van der Waals surface area contributed by atoms with Crippen LogP contribution < -0.4 is 0 Å². The summed E-state index contributed by atoms with van der Waals surface area (Å²) in [6.45, 7) is 2.61. The molecule has 0 aliphatic heterocycles. The average molecular weight is 328 g/mol. The van der Waals surface area contributed by atoms with Gasteiger partial charge in [-0.1, -0.05) is 24.3 Å². The summed E-state index contributed by atoms with van der Waals surface area (Å²) in [5.41, 5.74) is 2.30. The zero-order valence-electron chi connectivity index (χ0n) is 12.8. The van der Waals surface area contributed by atoms with Crippen molar-refractivity contribution in [3.63, 3.8) is 0 Å². The second-order valence-corrected chi connectivity index (χ2v) is 6.47. The van der Waals surface area contributed by atoms with Crippen LogP contribution in [0.3, 0.4) is 0 Å². The number of amides is 1. The zero-order chi connectivity index (χ0) is 15.7. The molecular weight excluding hydrogens is 302 g/mol. The largest absolute Gasteiger partial charge is 0.394 e. The Morgan fingerprint density at radius 3 is 2.71 bits per heavy atom. The maximum absolute atomic E-state index is 12.4. The van der Waals surface area contributed by atoms with Crippen LogP contribution in [0.15, 0.2) is 24.3 Å². The highest BCUT2D eigenvalue weighted by atomic mass is 32.2. The number of hydrogen-bond donors (Lipinski definition) is 2. The Hall–Kier alpha value is -0.650. The molecule has 0 spiro atoms. The highest BCUT2D eigenvalue weighted by Gasteiger charge is 2.23. The molecule has 0 radical (unpaired) electrons. The van der Waals surface area contributed by atoms with Gasteiger partial charge in [0, 0.05) is 13.0 Å². The molecule has 21 heavy (non-hydrogen) atoms. The van der Waals surface area contributed by atoms with Gasteiger partial charge in [0.25, 0.3) is 0 Å². The second kappa shape index (κ2) is 10.1. The molecule has 0 aliphatic rings. The molecule has 0 aliphatic carbocycles. The Kier molecular flexibility index (Phi) is 8.88. The van der Waals surface area contributed by atoms with Gasteiger partial charge in [-0.05, 0) is 42.2 Å². The van der Waals surface area contributed by atoms with Crippen LogP contribution in [-0.2, 0) is 11.3 Å². The molecule has 1 aromatic carbocycles. The summed E-state index contributed by atoms with van der Waals surface area (Å²) < 4.78 is 0. The smallest absolute Gasteiger partial charge is 0.224 e. The number of aliphatic hydroxyl groups is 1. The van der Waals surface area contributed by atoms with Gasteiger partial charge in [-0.2, -0.15) is 24.4 Å². The van der Waals surface area contributed by atoms with E-state index in [4.69, 9.17) is 0 Å². The maximum Gasteiger partial charge on any atom is 0.224 e. The van der Waals surface area contributed by atoms with Crippen molar-refractivity contribution in [3.05, 3.63) is 35.4 Å². The molecule has 1 atom stereocenters. The van der Waals surface area contributed by atoms with Crippen LogP contribution in [0.2, 0.25) is 0 Å². The lowest BCUT2D eigenvalue weighted by Crippen LogP contribution is -2.42. The van der Waals surface area contributed by atoms with E-state index in [2.05, 4.69) is 12.6 Å². The quantitative estimate of drug-likeness (QED) is 0.685. The Labute approximate surface area is 137 Å². The van der Waals surface area contributed by atoms with Crippen molar-refractivity contribution in [2.75, 3.05) is 24.4 Å². The fraction of sp³-hybridized carbons (Fsp3) is 0.562. The number of carbonyl (C=O) groups excluding carboxylic acids is 1. The Morgan fingerprint density at radius 2 is 2.14 bits per heavy atom. The number of carbonyl (C=O) groups is 1. The standard InChI is InChI=1S/C16H25NO2S2/c1-13-5-3-4-6-14(13)11-17(16(19)7-9-20)15(12-18)8-10-21-2/h3-6,15,18,20H,7-12H2,1-2H3/t15-/m1/s1. The van der Waals surface area contributed by atoms with Gasteiger partial charge in [-0.15, -0.1) is 0 Å². The first-order chi connectivity index (χ1) is 10.1. The van der Waals surface area contributed by atoms with Crippen molar-refractivity contribution < 1.29 is 9.90 Å². The molecular formula is C16H25NO2S2. The highest BCUT2D eigenvalue weighted by molar-refractivity contribution is 7.98. The summed E-state index contributed by atoms with van der Waals surface area (Å²) in [4.78, 5) is 14.2. The maximum atomic E-state index is 12.4. The van der Waals surface area contributed by atoms with Crippen molar-refractivity contribution in [3.8, 4) is 0 Å². The van der Waals surface area contributed by atoms with Crippen LogP contribution in [0.4, 0.5) is 0 Å². The monoisotopic (exact) mass is 327 g/mol. The summed E-state index contributed by atoms with van der Waals surface area (Å²) in [5, 5.41) is 9.67. The number of nitrogens with zero attached hydrogens (tertiary/aromatic N) is 1. The molecule has 0 heterocycles. The summed E-state index contributed by atoms with van der Waals surface area (Å²) >= 11 is 5.89. The lowest BCUT2D eigenvalue weighted by atomic mass is 10.1. The normalized spacial score (nSPS) is 12.2.